The summed E-state index contributed by atoms with van der Waals surface area (Å²) in [6.45, 7) is 7.79. The Balaban J connectivity index is 1.88. The van der Waals surface area contributed by atoms with Gasteiger partial charge in [0.2, 0.25) is 5.91 Å². The quantitative estimate of drug-likeness (QED) is 0.838. The molecule has 1 heterocycles. The van der Waals surface area contributed by atoms with Crippen LogP contribution in [0.15, 0.2) is 0 Å². The molecular weight excluding hydrogens is 238 g/mol. The standard InChI is InChI=1S/C15H29N3O/c1-4-18-9-6-13(12(2)11-18)17(3)14(19)10-15(16)7-5-8-15/h12-13H,4-11,16H2,1-3H3/t12-,13+/m1/s1. The molecule has 0 spiro atoms. The second-order valence-electron chi connectivity index (χ2n) is 6.62. The Bertz CT molecular complexity index is 327. The van der Waals surface area contributed by atoms with E-state index in [2.05, 4.69) is 18.7 Å². The monoisotopic (exact) mass is 267 g/mol. The fraction of sp³-hybridized carbons (Fsp3) is 0.933. The lowest BCUT2D eigenvalue weighted by atomic mass is 9.75. The summed E-state index contributed by atoms with van der Waals surface area (Å²) in [5, 5.41) is 0. The van der Waals surface area contributed by atoms with Crippen molar-refractivity contribution in [1.82, 2.24) is 9.80 Å². The highest BCUT2D eigenvalue weighted by molar-refractivity contribution is 5.77. The number of rotatable bonds is 4. The highest BCUT2D eigenvalue weighted by atomic mass is 16.2. The zero-order valence-electron chi connectivity index (χ0n) is 12.7. The summed E-state index contributed by atoms with van der Waals surface area (Å²) in [7, 11) is 1.97. The van der Waals surface area contributed by atoms with Crippen molar-refractivity contribution in [1.29, 1.82) is 0 Å². The Hall–Kier alpha value is -0.610. The summed E-state index contributed by atoms with van der Waals surface area (Å²) < 4.78 is 0. The van der Waals surface area contributed by atoms with Gasteiger partial charge in [0.15, 0.2) is 0 Å². The van der Waals surface area contributed by atoms with Gasteiger partial charge < -0.3 is 15.5 Å². The molecular formula is C15H29N3O. The molecule has 0 aromatic carbocycles. The van der Waals surface area contributed by atoms with E-state index in [4.69, 9.17) is 5.73 Å². The Morgan fingerprint density at radius 1 is 1.47 bits per heavy atom. The molecule has 4 nitrogen and oxygen atoms in total. The van der Waals surface area contributed by atoms with Gasteiger partial charge in [-0.25, -0.2) is 0 Å². The van der Waals surface area contributed by atoms with Gasteiger partial charge in [0.05, 0.1) is 0 Å². The van der Waals surface area contributed by atoms with Gasteiger partial charge in [0.1, 0.15) is 0 Å². The number of nitrogens with two attached hydrogens (primary N) is 1. The van der Waals surface area contributed by atoms with Crippen LogP contribution in [0.5, 0.6) is 0 Å². The molecule has 19 heavy (non-hydrogen) atoms. The average molecular weight is 267 g/mol. The molecule has 110 valence electrons. The zero-order valence-corrected chi connectivity index (χ0v) is 12.7. The van der Waals surface area contributed by atoms with Crippen molar-refractivity contribution in [3.05, 3.63) is 0 Å². The summed E-state index contributed by atoms with van der Waals surface area (Å²) in [6.07, 6.45) is 4.82. The van der Waals surface area contributed by atoms with Crippen LogP contribution in [0.25, 0.3) is 0 Å². The van der Waals surface area contributed by atoms with E-state index in [1.54, 1.807) is 0 Å². The minimum Gasteiger partial charge on any atom is -0.342 e. The zero-order chi connectivity index (χ0) is 14.0. The summed E-state index contributed by atoms with van der Waals surface area (Å²) >= 11 is 0. The second-order valence-corrected chi connectivity index (χ2v) is 6.62. The number of amides is 1. The molecule has 2 N–H and O–H groups in total. The predicted octanol–water partition coefficient (Wildman–Crippen LogP) is 1.45. The minimum atomic E-state index is -0.196. The van der Waals surface area contributed by atoms with Crippen LogP contribution < -0.4 is 5.73 Å². The highest BCUT2D eigenvalue weighted by Gasteiger charge is 2.38. The topological polar surface area (TPSA) is 49.6 Å². The van der Waals surface area contributed by atoms with E-state index in [0.717, 1.165) is 38.9 Å². The van der Waals surface area contributed by atoms with E-state index >= 15 is 0 Å². The number of hydrogen-bond donors (Lipinski definition) is 1. The third-order valence-corrected chi connectivity index (χ3v) is 5.13. The molecule has 1 saturated heterocycles. The van der Waals surface area contributed by atoms with E-state index in [9.17, 15) is 4.79 Å². The smallest absolute Gasteiger partial charge is 0.224 e. The SMILES string of the molecule is CCN1CC[C@H](N(C)C(=O)CC2(N)CCC2)[C@H](C)C1. The van der Waals surface area contributed by atoms with Crippen LogP contribution in [0, 0.1) is 5.92 Å². The Morgan fingerprint density at radius 2 is 2.16 bits per heavy atom. The number of nitrogens with zero attached hydrogens (tertiary/aromatic N) is 2. The van der Waals surface area contributed by atoms with Gasteiger partial charge in [-0.1, -0.05) is 13.8 Å². The van der Waals surface area contributed by atoms with Crippen LogP contribution >= 0.6 is 0 Å². The molecule has 0 aromatic rings. The van der Waals surface area contributed by atoms with Crippen LogP contribution in [0.3, 0.4) is 0 Å². The van der Waals surface area contributed by atoms with Gasteiger partial charge in [-0.2, -0.15) is 0 Å². The van der Waals surface area contributed by atoms with Crippen molar-refractivity contribution >= 4 is 5.91 Å². The number of hydrogen-bond acceptors (Lipinski definition) is 3. The summed E-state index contributed by atoms with van der Waals surface area (Å²) in [5.74, 6) is 0.793. The van der Waals surface area contributed by atoms with Crippen LogP contribution in [-0.4, -0.2) is 54.0 Å². The number of carbonyl (C=O) groups is 1. The van der Waals surface area contributed by atoms with E-state index < -0.39 is 0 Å². The summed E-state index contributed by atoms with van der Waals surface area (Å²) in [4.78, 5) is 16.8. The summed E-state index contributed by atoms with van der Waals surface area (Å²) in [6, 6.07) is 0.388. The first-order chi connectivity index (χ1) is 8.95. The van der Waals surface area contributed by atoms with Gasteiger partial charge in [-0.3, -0.25) is 4.79 Å². The first-order valence-corrected chi connectivity index (χ1v) is 7.72. The van der Waals surface area contributed by atoms with Gasteiger partial charge in [0, 0.05) is 38.1 Å². The lowest BCUT2D eigenvalue weighted by molar-refractivity contribution is -0.136. The lowest BCUT2D eigenvalue weighted by Crippen LogP contribution is -2.54. The molecule has 0 radical (unpaired) electrons. The normalized spacial score (nSPS) is 30.7. The van der Waals surface area contributed by atoms with Crippen molar-refractivity contribution in [2.45, 2.75) is 57.5 Å². The van der Waals surface area contributed by atoms with Gasteiger partial charge in [-0.05, 0) is 38.1 Å². The maximum Gasteiger partial charge on any atom is 0.224 e. The molecule has 1 aliphatic carbocycles. The molecule has 2 aliphatic rings. The van der Waals surface area contributed by atoms with E-state index in [1.807, 2.05) is 11.9 Å². The first-order valence-electron chi connectivity index (χ1n) is 7.72. The number of carbonyl (C=O) groups excluding carboxylic acids is 1. The molecule has 0 bridgehead atoms. The van der Waals surface area contributed by atoms with Crippen molar-refractivity contribution in [3.8, 4) is 0 Å². The molecule has 2 fully saturated rings. The summed E-state index contributed by atoms with van der Waals surface area (Å²) in [5.41, 5.74) is 6.00. The van der Waals surface area contributed by atoms with E-state index in [1.165, 1.54) is 6.42 Å². The molecule has 1 aliphatic heterocycles. The Kier molecular flexibility index (Phi) is 4.51. The third-order valence-electron chi connectivity index (χ3n) is 5.13. The molecule has 0 unspecified atom stereocenters. The molecule has 1 saturated carbocycles. The van der Waals surface area contributed by atoms with Crippen LogP contribution in [-0.2, 0) is 4.79 Å². The van der Waals surface area contributed by atoms with Crippen LogP contribution in [0.4, 0.5) is 0 Å². The lowest BCUT2D eigenvalue weighted by Gasteiger charge is -2.43. The van der Waals surface area contributed by atoms with E-state index in [-0.39, 0.29) is 11.4 Å². The molecule has 2 rings (SSSR count). The molecule has 0 aromatic heterocycles. The van der Waals surface area contributed by atoms with Crippen LogP contribution in [0.1, 0.15) is 46.0 Å². The fourth-order valence-electron chi connectivity index (χ4n) is 3.50. The molecule has 4 heteroatoms. The number of likely N-dealkylation sites (tertiary alicyclic amines) is 1. The van der Waals surface area contributed by atoms with E-state index in [0.29, 0.717) is 18.4 Å². The largest absolute Gasteiger partial charge is 0.342 e. The van der Waals surface area contributed by atoms with Crippen LogP contribution in [0.2, 0.25) is 0 Å². The van der Waals surface area contributed by atoms with Gasteiger partial charge in [0.25, 0.3) is 0 Å². The highest BCUT2D eigenvalue weighted by Crippen LogP contribution is 2.33. The Morgan fingerprint density at radius 3 is 2.63 bits per heavy atom. The minimum absolute atomic E-state index is 0.196. The maximum atomic E-state index is 12.4. The maximum absolute atomic E-state index is 12.4. The van der Waals surface area contributed by atoms with Crippen molar-refractivity contribution < 1.29 is 4.79 Å². The van der Waals surface area contributed by atoms with Crippen molar-refractivity contribution in [3.63, 3.8) is 0 Å². The van der Waals surface area contributed by atoms with Gasteiger partial charge >= 0.3 is 0 Å². The van der Waals surface area contributed by atoms with Crippen molar-refractivity contribution in [2.24, 2.45) is 11.7 Å². The third kappa shape index (κ3) is 3.29. The fourth-order valence-corrected chi connectivity index (χ4v) is 3.50. The molecule has 2 atom stereocenters. The Labute approximate surface area is 117 Å². The first kappa shape index (κ1) is 14.8. The average Bonchev–Trinajstić information content (AvgIpc) is 2.35. The number of piperidine rings is 1. The van der Waals surface area contributed by atoms with Crippen molar-refractivity contribution in [2.75, 3.05) is 26.7 Å². The predicted molar refractivity (Wildman–Crippen MR) is 77.8 cm³/mol. The van der Waals surface area contributed by atoms with Gasteiger partial charge in [-0.15, -0.1) is 0 Å². The second kappa shape index (κ2) is 5.80. The molecule has 1 amide bonds.